The van der Waals surface area contributed by atoms with Crippen molar-refractivity contribution in [2.75, 3.05) is 40.3 Å². The zero-order chi connectivity index (χ0) is 19.6. The van der Waals surface area contributed by atoms with Gasteiger partial charge in [0.2, 0.25) is 0 Å². The van der Waals surface area contributed by atoms with Crippen LogP contribution in [0.2, 0.25) is 0 Å². The van der Waals surface area contributed by atoms with Crippen LogP contribution in [0, 0.1) is 0 Å². The van der Waals surface area contributed by atoms with Crippen molar-refractivity contribution < 1.29 is 4.74 Å². The molecule has 29 heavy (non-hydrogen) atoms. The average molecular weight is 508 g/mol. The molecule has 3 rings (SSSR count). The van der Waals surface area contributed by atoms with Gasteiger partial charge in [-0.05, 0) is 42.0 Å². The lowest BCUT2D eigenvalue weighted by atomic mass is 10.00. The zero-order valence-corrected chi connectivity index (χ0v) is 19.8. The third-order valence-corrected chi connectivity index (χ3v) is 5.26. The van der Waals surface area contributed by atoms with Gasteiger partial charge in [0.25, 0.3) is 0 Å². The van der Waals surface area contributed by atoms with Crippen LogP contribution in [-0.2, 0) is 19.4 Å². The fourth-order valence-electron chi connectivity index (χ4n) is 3.70. The summed E-state index contributed by atoms with van der Waals surface area (Å²) in [5.41, 5.74) is 4.20. The second-order valence-corrected chi connectivity index (χ2v) is 7.14. The third-order valence-electron chi connectivity index (χ3n) is 5.26. The van der Waals surface area contributed by atoms with Crippen LogP contribution in [0.3, 0.4) is 0 Å². The number of guanidine groups is 1. The van der Waals surface area contributed by atoms with Gasteiger partial charge in [-0.15, -0.1) is 24.0 Å². The smallest absolute Gasteiger partial charge is 0.190 e. The van der Waals surface area contributed by atoms with Crippen LogP contribution in [0.15, 0.2) is 53.5 Å². The number of methoxy groups -OCH3 is 1. The molecule has 1 aliphatic heterocycles. The lowest BCUT2D eigenvalue weighted by Gasteiger charge is -2.28. The molecule has 0 unspecified atom stereocenters. The number of nitrogens with zero attached hydrogens (tertiary/aromatic N) is 2. The van der Waals surface area contributed by atoms with E-state index in [1.54, 1.807) is 7.11 Å². The van der Waals surface area contributed by atoms with E-state index in [4.69, 9.17) is 4.74 Å². The minimum atomic E-state index is 0. The number of benzene rings is 2. The first-order valence-corrected chi connectivity index (χ1v) is 10.2. The highest BCUT2D eigenvalue weighted by atomic mass is 127. The molecular weight excluding hydrogens is 475 g/mol. The van der Waals surface area contributed by atoms with Crippen molar-refractivity contribution in [1.29, 1.82) is 0 Å². The highest BCUT2D eigenvalue weighted by Crippen LogP contribution is 2.18. The van der Waals surface area contributed by atoms with E-state index < -0.39 is 0 Å². The van der Waals surface area contributed by atoms with Crippen molar-refractivity contribution >= 4 is 29.9 Å². The maximum absolute atomic E-state index is 5.41. The maximum Gasteiger partial charge on any atom is 0.190 e. The number of rotatable bonds is 8. The molecule has 0 bridgehead atoms. The summed E-state index contributed by atoms with van der Waals surface area (Å²) in [7, 11) is 3.54. The average Bonchev–Trinajstić information content (AvgIpc) is 2.75. The molecule has 0 saturated heterocycles. The number of aliphatic imine (C=N–C) groups is 1. The highest BCUT2D eigenvalue weighted by Gasteiger charge is 2.14. The van der Waals surface area contributed by atoms with Gasteiger partial charge in [-0.3, -0.25) is 9.89 Å². The molecule has 2 aromatic rings. The lowest BCUT2D eigenvalue weighted by molar-refractivity contribution is 0.251. The highest BCUT2D eigenvalue weighted by molar-refractivity contribution is 14.0. The Hall–Kier alpha value is -1.80. The van der Waals surface area contributed by atoms with Gasteiger partial charge in [0, 0.05) is 39.8 Å². The van der Waals surface area contributed by atoms with Crippen LogP contribution in [0.5, 0.6) is 5.75 Å². The molecule has 0 aromatic heterocycles. The van der Waals surface area contributed by atoms with Gasteiger partial charge in [0.1, 0.15) is 5.75 Å². The number of halogens is 1. The van der Waals surface area contributed by atoms with E-state index in [9.17, 15) is 0 Å². The molecule has 2 aromatic carbocycles. The van der Waals surface area contributed by atoms with E-state index in [0.717, 1.165) is 63.7 Å². The van der Waals surface area contributed by atoms with Gasteiger partial charge in [0.15, 0.2) is 5.96 Å². The Morgan fingerprint density at radius 1 is 1.03 bits per heavy atom. The summed E-state index contributed by atoms with van der Waals surface area (Å²) in [4.78, 5) is 6.87. The van der Waals surface area contributed by atoms with Gasteiger partial charge in [-0.25, -0.2) is 0 Å². The molecule has 0 aliphatic carbocycles. The first-order valence-electron chi connectivity index (χ1n) is 10.2. The molecule has 0 radical (unpaired) electrons. The molecule has 1 heterocycles. The Labute approximate surface area is 192 Å². The summed E-state index contributed by atoms with van der Waals surface area (Å²) in [6, 6.07) is 17.0. The maximum atomic E-state index is 5.41. The number of fused-ring (bicyclic) bond motifs is 1. The van der Waals surface area contributed by atoms with Crippen molar-refractivity contribution in [2.45, 2.75) is 25.8 Å². The van der Waals surface area contributed by atoms with Crippen LogP contribution in [0.4, 0.5) is 0 Å². The van der Waals surface area contributed by atoms with Crippen molar-refractivity contribution in [3.63, 3.8) is 0 Å². The van der Waals surface area contributed by atoms with E-state index in [0.29, 0.717) is 0 Å². The van der Waals surface area contributed by atoms with Gasteiger partial charge in [-0.2, -0.15) is 0 Å². The fraction of sp³-hybridized carbons (Fsp3) is 0.435. The molecule has 1 aliphatic rings. The lowest BCUT2D eigenvalue weighted by Crippen LogP contribution is -2.40. The molecular formula is C23H33IN4O. The molecule has 0 amide bonds. The van der Waals surface area contributed by atoms with E-state index in [1.165, 1.54) is 16.7 Å². The summed E-state index contributed by atoms with van der Waals surface area (Å²) >= 11 is 0. The topological polar surface area (TPSA) is 48.9 Å². The summed E-state index contributed by atoms with van der Waals surface area (Å²) < 4.78 is 5.41. The van der Waals surface area contributed by atoms with Gasteiger partial charge < -0.3 is 15.4 Å². The standard InChI is InChI=1S/C23H32N4O.HI/c1-24-23(26-15-12-20-9-5-6-11-22(20)28-2)25-14-7-16-27-17-13-19-8-3-4-10-21(19)18-27;/h3-6,8-11H,7,12-18H2,1-2H3,(H2,24,25,26);1H. The van der Waals surface area contributed by atoms with Crippen LogP contribution in [0.1, 0.15) is 23.1 Å². The summed E-state index contributed by atoms with van der Waals surface area (Å²) in [6.45, 7) is 5.08. The quantitative estimate of drug-likeness (QED) is 0.248. The van der Waals surface area contributed by atoms with Crippen molar-refractivity contribution in [1.82, 2.24) is 15.5 Å². The van der Waals surface area contributed by atoms with Crippen LogP contribution in [-0.4, -0.2) is 51.2 Å². The first kappa shape index (κ1) is 23.5. The second kappa shape index (κ2) is 12.7. The number of ether oxygens (including phenoxy) is 1. The molecule has 0 atom stereocenters. The summed E-state index contributed by atoms with van der Waals surface area (Å²) in [5.74, 6) is 1.80. The number of nitrogens with one attached hydrogen (secondary N) is 2. The minimum absolute atomic E-state index is 0. The Morgan fingerprint density at radius 3 is 2.55 bits per heavy atom. The predicted molar refractivity (Wildman–Crippen MR) is 132 cm³/mol. The third kappa shape index (κ3) is 7.19. The number of para-hydroxylation sites is 1. The Morgan fingerprint density at radius 2 is 1.76 bits per heavy atom. The minimum Gasteiger partial charge on any atom is -0.496 e. The Kier molecular flexibility index (Phi) is 10.3. The van der Waals surface area contributed by atoms with E-state index in [-0.39, 0.29) is 24.0 Å². The van der Waals surface area contributed by atoms with Crippen molar-refractivity contribution in [3.8, 4) is 5.75 Å². The predicted octanol–water partition coefficient (Wildman–Crippen LogP) is 3.47. The van der Waals surface area contributed by atoms with E-state index in [2.05, 4.69) is 50.9 Å². The monoisotopic (exact) mass is 508 g/mol. The van der Waals surface area contributed by atoms with Crippen LogP contribution >= 0.6 is 24.0 Å². The SMILES string of the molecule is CN=C(NCCCN1CCc2ccccc2C1)NCCc1ccccc1OC.I. The first-order chi connectivity index (χ1) is 13.8. The van der Waals surface area contributed by atoms with Gasteiger partial charge >= 0.3 is 0 Å². The molecule has 5 nitrogen and oxygen atoms in total. The largest absolute Gasteiger partial charge is 0.496 e. The fourth-order valence-corrected chi connectivity index (χ4v) is 3.70. The van der Waals surface area contributed by atoms with Crippen LogP contribution in [0.25, 0.3) is 0 Å². The second-order valence-electron chi connectivity index (χ2n) is 7.14. The van der Waals surface area contributed by atoms with Gasteiger partial charge in [0.05, 0.1) is 7.11 Å². The molecule has 6 heteroatoms. The molecule has 0 saturated carbocycles. The molecule has 158 valence electrons. The van der Waals surface area contributed by atoms with E-state index >= 15 is 0 Å². The van der Waals surface area contributed by atoms with Gasteiger partial charge in [-0.1, -0.05) is 42.5 Å². The number of hydrogen-bond acceptors (Lipinski definition) is 3. The molecule has 0 spiro atoms. The Bertz CT molecular complexity index is 781. The zero-order valence-electron chi connectivity index (χ0n) is 17.5. The molecule has 0 fully saturated rings. The summed E-state index contributed by atoms with van der Waals surface area (Å²) in [6.07, 6.45) is 3.17. The normalized spacial score (nSPS) is 13.9. The van der Waals surface area contributed by atoms with Crippen molar-refractivity contribution in [2.24, 2.45) is 4.99 Å². The number of hydrogen-bond donors (Lipinski definition) is 2. The van der Waals surface area contributed by atoms with E-state index in [1.807, 2.05) is 25.2 Å². The summed E-state index contributed by atoms with van der Waals surface area (Å²) in [5, 5.41) is 6.81. The molecule has 2 N–H and O–H groups in total. The van der Waals surface area contributed by atoms with Crippen molar-refractivity contribution in [3.05, 3.63) is 65.2 Å². The van der Waals surface area contributed by atoms with Crippen LogP contribution < -0.4 is 15.4 Å². The Balaban J connectivity index is 0.00000300.